The third-order valence-electron chi connectivity index (χ3n) is 3.82. The molecule has 1 N–H and O–H groups in total. The molecule has 1 unspecified atom stereocenters. The van der Waals surface area contributed by atoms with Gasteiger partial charge in [0, 0.05) is 39.5 Å². The zero-order valence-electron chi connectivity index (χ0n) is 13.0. The lowest BCUT2D eigenvalue weighted by Crippen LogP contribution is -2.34. The minimum absolute atomic E-state index is 0.0643. The van der Waals surface area contributed by atoms with Crippen molar-refractivity contribution >= 4 is 11.6 Å². The first-order valence-corrected chi connectivity index (χ1v) is 7.68. The molecule has 0 aliphatic carbocycles. The average Bonchev–Trinajstić information content (AvgIpc) is 2.51. The quantitative estimate of drug-likeness (QED) is 0.815. The second-order valence-corrected chi connectivity index (χ2v) is 5.73. The average molecular weight is 291 g/mol. The van der Waals surface area contributed by atoms with E-state index in [1.165, 1.54) is 12.8 Å². The van der Waals surface area contributed by atoms with Gasteiger partial charge in [0.25, 0.3) is 5.91 Å². The predicted octanol–water partition coefficient (Wildman–Crippen LogP) is 2.08. The van der Waals surface area contributed by atoms with Gasteiger partial charge in [0.2, 0.25) is 0 Å². The van der Waals surface area contributed by atoms with Crippen LogP contribution in [0.4, 0.5) is 5.69 Å². The molecular weight excluding hydrogens is 266 g/mol. The standard InChI is InChI=1S/C16H25N3O2/c1-13-5-3-7-19(12-13)15-9-14(10-17-11-15)16(20)18-6-4-8-21-2/h9-11,13H,3-8,12H2,1-2H3,(H,18,20). The molecule has 1 atom stereocenters. The number of carbonyl (C=O) groups excluding carboxylic acids is 1. The number of aromatic nitrogens is 1. The topological polar surface area (TPSA) is 54.5 Å². The highest BCUT2D eigenvalue weighted by Crippen LogP contribution is 2.22. The molecular formula is C16H25N3O2. The number of hydrogen-bond donors (Lipinski definition) is 1. The Morgan fingerprint density at radius 3 is 3.14 bits per heavy atom. The third-order valence-corrected chi connectivity index (χ3v) is 3.82. The van der Waals surface area contributed by atoms with Crippen LogP contribution < -0.4 is 10.2 Å². The number of piperidine rings is 1. The van der Waals surface area contributed by atoms with Crippen LogP contribution in [-0.2, 0) is 4.74 Å². The number of hydrogen-bond acceptors (Lipinski definition) is 4. The number of nitrogens with one attached hydrogen (secondary N) is 1. The Morgan fingerprint density at radius 1 is 1.52 bits per heavy atom. The van der Waals surface area contributed by atoms with Crippen LogP contribution in [0.3, 0.4) is 0 Å². The van der Waals surface area contributed by atoms with Crippen LogP contribution in [0.1, 0.15) is 36.5 Å². The van der Waals surface area contributed by atoms with E-state index in [1.807, 2.05) is 12.3 Å². The summed E-state index contributed by atoms with van der Waals surface area (Å²) in [6.45, 7) is 5.64. The molecule has 5 heteroatoms. The summed E-state index contributed by atoms with van der Waals surface area (Å²) < 4.78 is 4.97. The third kappa shape index (κ3) is 4.70. The van der Waals surface area contributed by atoms with Gasteiger partial charge >= 0.3 is 0 Å². The summed E-state index contributed by atoms with van der Waals surface area (Å²) >= 11 is 0. The van der Waals surface area contributed by atoms with Crippen molar-refractivity contribution in [2.75, 3.05) is 38.3 Å². The van der Waals surface area contributed by atoms with E-state index in [0.29, 0.717) is 24.6 Å². The van der Waals surface area contributed by atoms with Crippen LogP contribution in [0.5, 0.6) is 0 Å². The number of rotatable bonds is 6. The molecule has 2 heterocycles. The Hall–Kier alpha value is -1.62. The highest BCUT2D eigenvalue weighted by atomic mass is 16.5. The fourth-order valence-electron chi connectivity index (χ4n) is 2.67. The second-order valence-electron chi connectivity index (χ2n) is 5.73. The molecule has 116 valence electrons. The smallest absolute Gasteiger partial charge is 0.252 e. The molecule has 21 heavy (non-hydrogen) atoms. The first-order chi connectivity index (χ1) is 10.2. The fourth-order valence-corrected chi connectivity index (χ4v) is 2.67. The van der Waals surface area contributed by atoms with Gasteiger partial charge in [-0.05, 0) is 31.2 Å². The molecule has 1 aliphatic rings. The molecule has 2 rings (SSSR count). The van der Waals surface area contributed by atoms with Gasteiger partial charge in [-0.25, -0.2) is 0 Å². The van der Waals surface area contributed by atoms with Crippen LogP contribution in [0.2, 0.25) is 0 Å². The summed E-state index contributed by atoms with van der Waals surface area (Å²) in [6, 6.07) is 1.94. The van der Waals surface area contributed by atoms with Gasteiger partial charge in [-0.1, -0.05) is 6.92 Å². The van der Waals surface area contributed by atoms with Crippen LogP contribution in [-0.4, -0.2) is 44.2 Å². The van der Waals surface area contributed by atoms with Crippen LogP contribution >= 0.6 is 0 Å². The summed E-state index contributed by atoms with van der Waals surface area (Å²) in [5.41, 5.74) is 1.68. The van der Waals surface area contributed by atoms with Crippen molar-refractivity contribution in [1.29, 1.82) is 0 Å². The van der Waals surface area contributed by atoms with E-state index in [9.17, 15) is 4.79 Å². The summed E-state index contributed by atoms with van der Waals surface area (Å²) in [5, 5.41) is 2.90. The lowest BCUT2D eigenvalue weighted by atomic mass is 10.00. The Kier molecular flexibility index (Phi) is 5.99. The van der Waals surface area contributed by atoms with E-state index < -0.39 is 0 Å². The van der Waals surface area contributed by atoms with Gasteiger partial charge in [0.15, 0.2) is 0 Å². The van der Waals surface area contributed by atoms with Crippen molar-refractivity contribution in [3.8, 4) is 0 Å². The fraction of sp³-hybridized carbons (Fsp3) is 0.625. The van der Waals surface area contributed by atoms with Gasteiger partial charge in [0.1, 0.15) is 0 Å². The Balaban J connectivity index is 1.95. The largest absolute Gasteiger partial charge is 0.385 e. The predicted molar refractivity (Wildman–Crippen MR) is 83.7 cm³/mol. The maximum Gasteiger partial charge on any atom is 0.252 e. The van der Waals surface area contributed by atoms with Crippen molar-refractivity contribution in [1.82, 2.24) is 10.3 Å². The van der Waals surface area contributed by atoms with E-state index in [2.05, 4.69) is 22.1 Å². The SMILES string of the molecule is COCCCNC(=O)c1cncc(N2CCCC(C)C2)c1. The van der Waals surface area contributed by atoms with E-state index in [1.54, 1.807) is 13.3 Å². The molecule has 1 fully saturated rings. The first-order valence-electron chi connectivity index (χ1n) is 7.68. The molecule has 0 radical (unpaired) electrons. The van der Waals surface area contributed by atoms with Gasteiger partial charge in [-0.15, -0.1) is 0 Å². The molecule has 0 aromatic carbocycles. The van der Waals surface area contributed by atoms with Crippen molar-refractivity contribution in [3.05, 3.63) is 24.0 Å². The van der Waals surface area contributed by atoms with E-state index in [-0.39, 0.29) is 5.91 Å². The Bertz CT molecular complexity index is 465. The molecule has 1 aromatic rings. The van der Waals surface area contributed by atoms with E-state index in [4.69, 9.17) is 4.74 Å². The normalized spacial score (nSPS) is 18.6. The zero-order valence-corrected chi connectivity index (χ0v) is 13.0. The maximum absolute atomic E-state index is 12.1. The van der Waals surface area contributed by atoms with Crippen molar-refractivity contribution in [3.63, 3.8) is 0 Å². The monoisotopic (exact) mass is 291 g/mol. The minimum Gasteiger partial charge on any atom is -0.385 e. The lowest BCUT2D eigenvalue weighted by molar-refractivity contribution is 0.0948. The van der Waals surface area contributed by atoms with Crippen LogP contribution in [0, 0.1) is 5.92 Å². The number of anilines is 1. The molecule has 0 bridgehead atoms. The molecule has 1 aromatic heterocycles. The van der Waals surface area contributed by atoms with E-state index in [0.717, 1.165) is 25.2 Å². The number of nitrogens with zero attached hydrogens (tertiary/aromatic N) is 2. The number of carbonyl (C=O) groups is 1. The summed E-state index contributed by atoms with van der Waals surface area (Å²) in [5.74, 6) is 0.635. The lowest BCUT2D eigenvalue weighted by Gasteiger charge is -2.32. The van der Waals surface area contributed by atoms with Gasteiger partial charge in [0.05, 0.1) is 17.4 Å². The van der Waals surface area contributed by atoms with Gasteiger partial charge in [-0.2, -0.15) is 0 Å². The Labute approximate surface area is 126 Å². The number of ether oxygens (including phenoxy) is 1. The molecule has 1 amide bonds. The molecule has 1 saturated heterocycles. The van der Waals surface area contributed by atoms with Crippen molar-refractivity contribution in [2.24, 2.45) is 5.92 Å². The summed E-state index contributed by atoms with van der Waals surface area (Å²) in [4.78, 5) is 18.6. The number of methoxy groups -OCH3 is 1. The van der Waals surface area contributed by atoms with Crippen LogP contribution in [0.25, 0.3) is 0 Å². The maximum atomic E-state index is 12.1. The Morgan fingerprint density at radius 2 is 2.38 bits per heavy atom. The van der Waals surface area contributed by atoms with Crippen molar-refractivity contribution in [2.45, 2.75) is 26.2 Å². The number of amides is 1. The molecule has 0 spiro atoms. The minimum atomic E-state index is -0.0643. The highest BCUT2D eigenvalue weighted by molar-refractivity contribution is 5.94. The van der Waals surface area contributed by atoms with Crippen LogP contribution in [0.15, 0.2) is 18.5 Å². The zero-order chi connectivity index (χ0) is 15.1. The van der Waals surface area contributed by atoms with Gasteiger partial charge < -0.3 is 15.0 Å². The van der Waals surface area contributed by atoms with E-state index >= 15 is 0 Å². The molecule has 1 aliphatic heterocycles. The summed E-state index contributed by atoms with van der Waals surface area (Å²) in [7, 11) is 1.66. The second kappa shape index (κ2) is 7.98. The highest BCUT2D eigenvalue weighted by Gasteiger charge is 2.17. The molecule has 0 saturated carbocycles. The molecule has 5 nitrogen and oxygen atoms in total. The van der Waals surface area contributed by atoms with Crippen molar-refractivity contribution < 1.29 is 9.53 Å². The summed E-state index contributed by atoms with van der Waals surface area (Å²) in [6.07, 6.45) is 6.78. The van der Waals surface area contributed by atoms with Gasteiger partial charge in [-0.3, -0.25) is 9.78 Å². The first kappa shape index (κ1) is 15.8. The number of pyridine rings is 1.